The van der Waals surface area contributed by atoms with Gasteiger partial charge in [0.25, 0.3) is 0 Å². The lowest BCUT2D eigenvalue weighted by Crippen LogP contribution is -2.43. The summed E-state index contributed by atoms with van der Waals surface area (Å²) in [6.45, 7) is 10.4. The van der Waals surface area contributed by atoms with Crippen LogP contribution in [0.1, 0.15) is 50.3 Å². The molecule has 1 fully saturated rings. The SMILES string of the molecule is CCNC(=NCc1cccc(COC2CCOCC2)c1)NCC(C)(C)c1cccc(F)c1. The van der Waals surface area contributed by atoms with E-state index in [9.17, 15) is 4.39 Å². The van der Waals surface area contributed by atoms with E-state index >= 15 is 0 Å². The number of guanidine groups is 1. The molecule has 32 heavy (non-hydrogen) atoms. The highest BCUT2D eigenvalue weighted by Gasteiger charge is 2.21. The Hall–Kier alpha value is -2.44. The summed E-state index contributed by atoms with van der Waals surface area (Å²) in [5, 5.41) is 6.71. The van der Waals surface area contributed by atoms with Crippen molar-refractivity contribution >= 4 is 5.96 Å². The van der Waals surface area contributed by atoms with Crippen molar-refractivity contribution in [1.29, 1.82) is 0 Å². The van der Waals surface area contributed by atoms with Crippen LogP contribution in [0.25, 0.3) is 0 Å². The van der Waals surface area contributed by atoms with Gasteiger partial charge in [0.2, 0.25) is 0 Å². The van der Waals surface area contributed by atoms with E-state index in [1.807, 2.05) is 13.0 Å². The quantitative estimate of drug-likeness (QED) is 0.443. The minimum absolute atomic E-state index is 0.211. The zero-order valence-electron chi connectivity index (χ0n) is 19.5. The van der Waals surface area contributed by atoms with Gasteiger partial charge in [-0.2, -0.15) is 0 Å². The summed E-state index contributed by atoms with van der Waals surface area (Å²) in [5.41, 5.74) is 3.02. The van der Waals surface area contributed by atoms with Gasteiger partial charge in [-0.1, -0.05) is 50.2 Å². The Bertz CT molecular complexity index is 879. The van der Waals surface area contributed by atoms with Gasteiger partial charge in [0.15, 0.2) is 5.96 Å². The van der Waals surface area contributed by atoms with E-state index in [4.69, 9.17) is 14.5 Å². The third kappa shape index (κ3) is 7.61. The zero-order chi connectivity index (χ0) is 22.8. The number of aliphatic imine (C=N–C) groups is 1. The molecule has 0 saturated carbocycles. The van der Waals surface area contributed by atoms with Crippen LogP contribution in [0.3, 0.4) is 0 Å². The van der Waals surface area contributed by atoms with Crippen LogP contribution in [0.15, 0.2) is 53.5 Å². The van der Waals surface area contributed by atoms with Gasteiger partial charge >= 0.3 is 0 Å². The molecule has 0 amide bonds. The number of hydrogen-bond acceptors (Lipinski definition) is 3. The molecule has 1 aliphatic rings. The summed E-state index contributed by atoms with van der Waals surface area (Å²) in [6.07, 6.45) is 2.22. The predicted molar refractivity (Wildman–Crippen MR) is 127 cm³/mol. The van der Waals surface area contributed by atoms with Gasteiger partial charge in [-0.25, -0.2) is 9.38 Å². The molecule has 3 rings (SSSR count). The maximum Gasteiger partial charge on any atom is 0.191 e. The highest BCUT2D eigenvalue weighted by molar-refractivity contribution is 5.79. The third-order valence-corrected chi connectivity index (χ3v) is 5.71. The lowest BCUT2D eigenvalue weighted by molar-refractivity contribution is -0.0390. The van der Waals surface area contributed by atoms with Crippen molar-refractivity contribution in [1.82, 2.24) is 10.6 Å². The molecule has 0 bridgehead atoms. The second-order valence-corrected chi connectivity index (χ2v) is 8.89. The molecule has 0 unspecified atom stereocenters. The number of nitrogens with zero attached hydrogens (tertiary/aromatic N) is 1. The normalized spacial score (nSPS) is 15.6. The number of hydrogen-bond donors (Lipinski definition) is 2. The van der Waals surface area contributed by atoms with Crippen LogP contribution in [-0.2, 0) is 28.0 Å². The van der Waals surface area contributed by atoms with Crippen molar-refractivity contribution in [2.75, 3.05) is 26.3 Å². The minimum Gasteiger partial charge on any atom is -0.381 e. The van der Waals surface area contributed by atoms with Gasteiger partial charge in [0.1, 0.15) is 5.82 Å². The fourth-order valence-electron chi connectivity index (χ4n) is 3.70. The van der Waals surface area contributed by atoms with E-state index < -0.39 is 0 Å². The Kier molecular flexibility index (Phi) is 9.06. The highest BCUT2D eigenvalue weighted by atomic mass is 19.1. The van der Waals surface area contributed by atoms with Crippen LogP contribution < -0.4 is 10.6 Å². The summed E-state index contributed by atoms with van der Waals surface area (Å²) in [4.78, 5) is 4.75. The summed E-state index contributed by atoms with van der Waals surface area (Å²) >= 11 is 0. The topological polar surface area (TPSA) is 54.9 Å². The van der Waals surface area contributed by atoms with Crippen molar-refractivity contribution in [3.05, 3.63) is 71.0 Å². The smallest absolute Gasteiger partial charge is 0.191 e. The number of rotatable bonds is 9. The van der Waals surface area contributed by atoms with Gasteiger partial charge in [0.05, 0.1) is 19.3 Å². The first-order valence-corrected chi connectivity index (χ1v) is 11.5. The van der Waals surface area contributed by atoms with Crippen molar-refractivity contribution < 1.29 is 13.9 Å². The average Bonchev–Trinajstić information content (AvgIpc) is 2.80. The van der Waals surface area contributed by atoms with E-state index in [0.717, 1.165) is 55.3 Å². The van der Waals surface area contributed by atoms with Gasteiger partial charge < -0.3 is 20.1 Å². The molecule has 1 heterocycles. The van der Waals surface area contributed by atoms with Crippen molar-refractivity contribution in [2.45, 2.75) is 58.3 Å². The first-order chi connectivity index (χ1) is 15.5. The molecular weight excluding hydrogens is 405 g/mol. The predicted octanol–water partition coefficient (Wildman–Crippen LogP) is 4.55. The molecule has 1 saturated heterocycles. The van der Waals surface area contributed by atoms with E-state index in [1.165, 1.54) is 6.07 Å². The molecule has 5 nitrogen and oxygen atoms in total. The second-order valence-electron chi connectivity index (χ2n) is 8.89. The molecule has 0 aliphatic carbocycles. The molecule has 6 heteroatoms. The van der Waals surface area contributed by atoms with E-state index in [2.05, 4.69) is 48.7 Å². The van der Waals surface area contributed by atoms with E-state index in [-0.39, 0.29) is 17.3 Å². The molecule has 0 radical (unpaired) electrons. The molecule has 0 spiro atoms. The molecular formula is C26H36FN3O2. The molecule has 0 aromatic heterocycles. The third-order valence-electron chi connectivity index (χ3n) is 5.71. The lowest BCUT2D eigenvalue weighted by atomic mass is 9.84. The summed E-state index contributed by atoms with van der Waals surface area (Å²) in [6, 6.07) is 15.2. The Morgan fingerprint density at radius 1 is 1.09 bits per heavy atom. The monoisotopic (exact) mass is 441 g/mol. The Balaban J connectivity index is 1.57. The molecule has 2 aromatic rings. The fraction of sp³-hybridized carbons (Fsp3) is 0.500. The number of benzene rings is 2. The summed E-state index contributed by atoms with van der Waals surface area (Å²) in [7, 11) is 0. The van der Waals surface area contributed by atoms with Crippen LogP contribution in [0.5, 0.6) is 0 Å². The van der Waals surface area contributed by atoms with Gasteiger partial charge in [-0.15, -0.1) is 0 Å². The highest BCUT2D eigenvalue weighted by Crippen LogP contribution is 2.23. The van der Waals surface area contributed by atoms with Crippen LogP contribution in [0.2, 0.25) is 0 Å². The average molecular weight is 442 g/mol. The Morgan fingerprint density at radius 3 is 2.59 bits per heavy atom. The van der Waals surface area contributed by atoms with Gasteiger partial charge in [-0.3, -0.25) is 0 Å². The molecule has 1 aliphatic heterocycles. The van der Waals surface area contributed by atoms with Crippen LogP contribution >= 0.6 is 0 Å². The van der Waals surface area contributed by atoms with Crippen LogP contribution in [0.4, 0.5) is 4.39 Å². The van der Waals surface area contributed by atoms with Gasteiger partial charge in [0, 0.05) is 31.7 Å². The largest absolute Gasteiger partial charge is 0.381 e. The summed E-state index contributed by atoms with van der Waals surface area (Å²) in [5.74, 6) is 0.540. The molecule has 0 atom stereocenters. The van der Waals surface area contributed by atoms with Crippen LogP contribution in [0, 0.1) is 5.82 Å². The van der Waals surface area contributed by atoms with Crippen molar-refractivity contribution in [3.8, 4) is 0 Å². The second kappa shape index (κ2) is 12.0. The Morgan fingerprint density at radius 2 is 1.84 bits per heavy atom. The van der Waals surface area contributed by atoms with E-state index in [0.29, 0.717) is 19.7 Å². The number of halogens is 1. The minimum atomic E-state index is -0.236. The standard InChI is InChI=1S/C26H36FN3O2/c1-4-28-25(30-19-26(2,3)22-9-6-10-23(27)16-22)29-17-20-7-5-8-21(15-20)18-32-24-11-13-31-14-12-24/h5-10,15-16,24H,4,11-14,17-19H2,1-3H3,(H2,28,29,30). The first-order valence-electron chi connectivity index (χ1n) is 11.5. The summed E-state index contributed by atoms with van der Waals surface area (Å²) < 4.78 is 25.1. The van der Waals surface area contributed by atoms with Crippen LogP contribution in [-0.4, -0.2) is 38.4 Å². The molecule has 174 valence electrons. The van der Waals surface area contributed by atoms with Crippen molar-refractivity contribution in [2.24, 2.45) is 4.99 Å². The maximum absolute atomic E-state index is 13.6. The molecule has 2 N–H and O–H groups in total. The van der Waals surface area contributed by atoms with Gasteiger partial charge in [-0.05, 0) is 48.6 Å². The number of ether oxygens (including phenoxy) is 2. The number of nitrogens with one attached hydrogen (secondary N) is 2. The Labute approximate surface area is 191 Å². The lowest BCUT2D eigenvalue weighted by Gasteiger charge is -2.27. The fourth-order valence-corrected chi connectivity index (χ4v) is 3.70. The zero-order valence-corrected chi connectivity index (χ0v) is 19.5. The maximum atomic E-state index is 13.6. The molecule has 2 aromatic carbocycles. The van der Waals surface area contributed by atoms with E-state index in [1.54, 1.807) is 12.1 Å². The first kappa shape index (κ1) is 24.2. The van der Waals surface area contributed by atoms with Crippen molar-refractivity contribution in [3.63, 3.8) is 0 Å².